The van der Waals surface area contributed by atoms with Crippen molar-refractivity contribution in [3.63, 3.8) is 0 Å². The lowest BCUT2D eigenvalue weighted by Crippen LogP contribution is -1.98. The van der Waals surface area contributed by atoms with Gasteiger partial charge in [0.25, 0.3) is 0 Å². The normalized spacial score (nSPS) is 9.73. The third-order valence-electron chi connectivity index (χ3n) is 1.66. The SMILES string of the molecule is CNc1nccc(C)c1CI. The number of hydrogen-bond acceptors (Lipinski definition) is 2. The molecule has 1 aromatic heterocycles. The summed E-state index contributed by atoms with van der Waals surface area (Å²) in [6, 6.07) is 2.04. The van der Waals surface area contributed by atoms with E-state index < -0.39 is 0 Å². The molecule has 3 heteroatoms. The monoisotopic (exact) mass is 262 g/mol. The highest BCUT2D eigenvalue weighted by Crippen LogP contribution is 2.18. The van der Waals surface area contributed by atoms with Gasteiger partial charge < -0.3 is 5.32 Å². The first-order valence-electron chi connectivity index (χ1n) is 3.47. The molecule has 0 fully saturated rings. The Balaban J connectivity index is 3.13. The van der Waals surface area contributed by atoms with E-state index in [2.05, 4.69) is 39.8 Å². The quantitative estimate of drug-likeness (QED) is 0.653. The van der Waals surface area contributed by atoms with Crippen LogP contribution in [0.1, 0.15) is 11.1 Å². The maximum Gasteiger partial charge on any atom is 0.129 e. The Morgan fingerprint density at radius 3 is 2.82 bits per heavy atom. The van der Waals surface area contributed by atoms with Crippen molar-refractivity contribution in [2.45, 2.75) is 11.4 Å². The van der Waals surface area contributed by atoms with Gasteiger partial charge in [0.15, 0.2) is 0 Å². The largest absolute Gasteiger partial charge is 0.373 e. The van der Waals surface area contributed by atoms with Gasteiger partial charge in [-0.1, -0.05) is 22.6 Å². The van der Waals surface area contributed by atoms with Gasteiger partial charge in [-0.05, 0) is 18.6 Å². The molecule has 0 saturated heterocycles. The van der Waals surface area contributed by atoms with Gasteiger partial charge in [-0.2, -0.15) is 0 Å². The molecule has 60 valence electrons. The second-order valence-corrected chi connectivity index (χ2v) is 3.10. The van der Waals surface area contributed by atoms with Gasteiger partial charge in [0.2, 0.25) is 0 Å². The smallest absolute Gasteiger partial charge is 0.129 e. The van der Waals surface area contributed by atoms with E-state index in [9.17, 15) is 0 Å². The second kappa shape index (κ2) is 3.90. The van der Waals surface area contributed by atoms with Gasteiger partial charge in [0.1, 0.15) is 5.82 Å². The van der Waals surface area contributed by atoms with Crippen molar-refractivity contribution in [3.05, 3.63) is 23.4 Å². The Morgan fingerprint density at radius 2 is 2.36 bits per heavy atom. The van der Waals surface area contributed by atoms with Crippen LogP contribution in [0.25, 0.3) is 0 Å². The summed E-state index contributed by atoms with van der Waals surface area (Å²) in [7, 11) is 1.90. The van der Waals surface area contributed by atoms with Gasteiger partial charge in [-0.25, -0.2) is 4.98 Å². The number of halogens is 1. The van der Waals surface area contributed by atoms with Gasteiger partial charge in [-0.15, -0.1) is 0 Å². The second-order valence-electron chi connectivity index (χ2n) is 2.34. The average Bonchev–Trinajstić information content (AvgIpc) is 2.04. The lowest BCUT2D eigenvalue weighted by Gasteiger charge is -2.07. The zero-order valence-electron chi connectivity index (χ0n) is 6.69. The Labute approximate surface area is 80.6 Å². The van der Waals surface area contributed by atoms with E-state index in [4.69, 9.17) is 0 Å². The lowest BCUT2D eigenvalue weighted by atomic mass is 10.2. The molecule has 0 aliphatic rings. The van der Waals surface area contributed by atoms with E-state index in [0.717, 1.165) is 10.2 Å². The van der Waals surface area contributed by atoms with Crippen LogP contribution in [-0.2, 0) is 4.43 Å². The first-order valence-corrected chi connectivity index (χ1v) is 5.00. The number of rotatable bonds is 2. The van der Waals surface area contributed by atoms with Crippen LogP contribution in [0.5, 0.6) is 0 Å². The van der Waals surface area contributed by atoms with Crippen LogP contribution in [-0.4, -0.2) is 12.0 Å². The standard InChI is InChI=1S/C8H11IN2/c1-6-3-4-11-8(10-2)7(6)5-9/h3-4H,5H2,1-2H3,(H,10,11). The predicted molar refractivity (Wildman–Crippen MR) is 56.2 cm³/mol. The van der Waals surface area contributed by atoms with Crippen molar-refractivity contribution in [2.24, 2.45) is 0 Å². The van der Waals surface area contributed by atoms with Crippen molar-refractivity contribution in [1.29, 1.82) is 0 Å². The van der Waals surface area contributed by atoms with Crippen molar-refractivity contribution in [1.82, 2.24) is 4.98 Å². The number of nitrogens with one attached hydrogen (secondary N) is 1. The minimum absolute atomic E-state index is 0.999. The number of hydrogen-bond donors (Lipinski definition) is 1. The Kier molecular flexibility index (Phi) is 3.11. The molecule has 11 heavy (non-hydrogen) atoms. The molecule has 0 aliphatic carbocycles. The summed E-state index contributed by atoms with van der Waals surface area (Å²) in [4.78, 5) is 4.21. The molecule has 0 unspecified atom stereocenters. The molecular formula is C8H11IN2. The number of aryl methyl sites for hydroxylation is 1. The van der Waals surface area contributed by atoms with Crippen LogP contribution in [0.15, 0.2) is 12.3 Å². The molecule has 1 N–H and O–H groups in total. The van der Waals surface area contributed by atoms with Crippen LogP contribution in [0.4, 0.5) is 5.82 Å². The molecule has 0 bridgehead atoms. The fraction of sp³-hybridized carbons (Fsp3) is 0.375. The van der Waals surface area contributed by atoms with Gasteiger partial charge in [-0.3, -0.25) is 0 Å². The number of anilines is 1. The molecular weight excluding hydrogens is 251 g/mol. The fourth-order valence-electron chi connectivity index (χ4n) is 0.973. The number of alkyl halides is 1. The zero-order valence-corrected chi connectivity index (χ0v) is 8.84. The van der Waals surface area contributed by atoms with E-state index in [1.54, 1.807) is 0 Å². The molecule has 0 radical (unpaired) electrons. The molecule has 1 aromatic rings. The Hall–Kier alpha value is -0.320. The molecule has 0 atom stereocenters. The Morgan fingerprint density at radius 1 is 1.64 bits per heavy atom. The molecule has 1 heterocycles. The van der Waals surface area contributed by atoms with E-state index in [-0.39, 0.29) is 0 Å². The number of nitrogens with zero attached hydrogens (tertiary/aromatic N) is 1. The highest BCUT2D eigenvalue weighted by molar-refractivity contribution is 14.1. The third-order valence-corrected chi connectivity index (χ3v) is 2.42. The fourth-order valence-corrected chi connectivity index (χ4v) is 1.94. The maximum absolute atomic E-state index is 4.21. The third kappa shape index (κ3) is 1.83. The summed E-state index contributed by atoms with van der Waals surface area (Å²) in [5.74, 6) is 0.999. The first-order chi connectivity index (χ1) is 5.29. The summed E-state index contributed by atoms with van der Waals surface area (Å²) in [6.45, 7) is 2.11. The zero-order chi connectivity index (χ0) is 8.27. The van der Waals surface area contributed by atoms with Crippen molar-refractivity contribution >= 4 is 28.4 Å². The summed E-state index contributed by atoms with van der Waals surface area (Å²) in [5, 5.41) is 3.07. The minimum Gasteiger partial charge on any atom is -0.373 e. The van der Waals surface area contributed by atoms with Crippen LogP contribution in [0, 0.1) is 6.92 Å². The average molecular weight is 262 g/mol. The van der Waals surface area contributed by atoms with Gasteiger partial charge >= 0.3 is 0 Å². The molecule has 1 rings (SSSR count). The topological polar surface area (TPSA) is 24.9 Å². The van der Waals surface area contributed by atoms with Gasteiger partial charge in [0.05, 0.1) is 0 Å². The number of pyridine rings is 1. The molecule has 0 aliphatic heterocycles. The summed E-state index contributed by atoms with van der Waals surface area (Å²) in [6.07, 6.45) is 1.83. The van der Waals surface area contributed by atoms with Crippen LogP contribution in [0.3, 0.4) is 0 Å². The number of aromatic nitrogens is 1. The van der Waals surface area contributed by atoms with Crippen LogP contribution < -0.4 is 5.32 Å². The van der Waals surface area contributed by atoms with Crippen molar-refractivity contribution < 1.29 is 0 Å². The molecule has 2 nitrogen and oxygen atoms in total. The first kappa shape index (κ1) is 8.77. The highest BCUT2D eigenvalue weighted by Gasteiger charge is 2.02. The molecule has 0 spiro atoms. The van der Waals surface area contributed by atoms with Crippen LogP contribution >= 0.6 is 22.6 Å². The van der Waals surface area contributed by atoms with E-state index in [0.29, 0.717) is 0 Å². The molecule has 0 amide bonds. The maximum atomic E-state index is 4.21. The summed E-state index contributed by atoms with van der Waals surface area (Å²) >= 11 is 2.35. The summed E-state index contributed by atoms with van der Waals surface area (Å²) < 4.78 is 1.01. The van der Waals surface area contributed by atoms with Crippen molar-refractivity contribution in [3.8, 4) is 0 Å². The van der Waals surface area contributed by atoms with E-state index in [1.165, 1.54) is 11.1 Å². The molecule has 0 aromatic carbocycles. The van der Waals surface area contributed by atoms with Crippen molar-refractivity contribution in [2.75, 3.05) is 12.4 Å². The Bertz CT molecular complexity index is 248. The predicted octanol–water partition coefficient (Wildman–Crippen LogP) is 2.37. The summed E-state index contributed by atoms with van der Waals surface area (Å²) in [5.41, 5.74) is 2.61. The van der Waals surface area contributed by atoms with E-state index >= 15 is 0 Å². The van der Waals surface area contributed by atoms with Gasteiger partial charge in [0, 0.05) is 23.2 Å². The van der Waals surface area contributed by atoms with E-state index in [1.807, 2.05) is 19.3 Å². The van der Waals surface area contributed by atoms with Crippen LogP contribution in [0.2, 0.25) is 0 Å². The molecule has 0 saturated carbocycles. The minimum atomic E-state index is 0.999. The highest BCUT2D eigenvalue weighted by atomic mass is 127. The lowest BCUT2D eigenvalue weighted by molar-refractivity contribution is 1.19.